The molecule has 1 aromatic carbocycles. The van der Waals surface area contributed by atoms with E-state index in [9.17, 15) is 12.8 Å². The number of methoxy groups -OCH3 is 1. The monoisotopic (exact) mass is 275 g/mol. The Morgan fingerprint density at radius 2 is 2.11 bits per heavy atom. The fourth-order valence-corrected chi connectivity index (χ4v) is 2.66. The van der Waals surface area contributed by atoms with Gasteiger partial charge in [-0.3, -0.25) is 0 Å². The number of anilines is 1. The highest BCUT2D eigenvalue weighted by atomic mass is 32.2. The largest absolute Gasteiger partial charge is 0.494 e. The van der Waals surface area contributed by atoms with Gasteiger partial charge in [0.25, 0.3) is 0 Å². The average Bonchev–Trinajstić information content (AvgIpc) is 2.31. The first-order chi connectivity index (χ1) is 8.38. The van der Waals surface area contributed by atoms with Gasteiger partial charge in [-0.05, 0) is 19.1 Å². The normalized spacial score (nSPS) is 13.1. The summed E-state index contributed by atoms with van der Waals surface area (Å²) in [5.41, 5.74) is 0.632. The lowest BCUT2D eigenvalue weighted by Crippen LogP contribution is -2.26. The summed E-state index contributed by atoms with van der Waals surface area (Å²) in [7, 11) is -1.65. The molecule has 1 unspecified atom stereocenters. The van der Waals surface area contributed by atoms with E-state index in [2.05, 4.69) is 5.32 Å². The molecule has 0 aromatic heterocycles. The zero-order valence-electron chi connectivity index (χ0n) is 10.7. The highest BCUT2D eigenvalue weighted by Crippen LogP contribution is 2.22. The number of nitrogens with one attached hydrogen (secondary N) is 1. The van der Waals surface area contributed by atoms with Crippen molar-refractivity contribution in [3.63, 3.8) is 0 Å². The van der Waals surface area contributed by atoms with Crippen LogP contribution in [0.5, 0.6) is 5.75 Å². The molecule has 0 fully saturated rings. The van der Waals surface area contributed by atoms with Crippen molar-refractivity contribution < 1.29 is 17.5 Å². The summed E-state index contributed by atoms with van der Waals surface area (Å²) in [5.74, 6) is -0.156. The lowest BCUT2D eigenvalue weighted by molar-refractivity contribution is 0.387. The van der Waals surface area contributed by atoms with Crippen LogP contribution >= 0.6 is 0 Å². The van der Waals surface area contributed by atoms with Gasteiger partial charge in [-0.25, -0.2) is 12.8 Å². The number of ether oxygens (including phenoxy) is 1. The molecule has 0 aliphatic rings. The molecule has 0 aliphatic heterocycles. The van der Waals surface area contributed by atoms with Crippen LogP contribution < -0.4 is 10.1 Å². The van der Waals surface area contributed by atoms with Crippen LogP contribution in [0.1, 0.15) is 13.8 Å². The maximum absolute atomic E-state index is 13.2. The van der Waals surface area contributed by atoms with E-state index in [4.69, 9.17) is 4.74 Å². The Bertz CT molecular complexity index is 502. The summed E-state index contributed by atoms with van der Waals surface area (Å²) < 4.78 is 40.9. The van der Waals surface area contributed by atoms with E-state index in [1.165, 1.54) is 19.2 Å². The summed E-state index contributed by atoms with van der Waals surface area (Å²) in [5, 5.41) is 3.01. The van der Waals surface area contributed by atoms with Crippen LogP contribution in [-0.2, 0) is 9.84 Å². The Hall–Kier alpha value is -1.30. The lowest BCUT2D eigenvalue weighted by Gasteiger charge is -2.15. The molecule has 1 rings (SSSR count). The zero-order chi connectivity index (χ0) is 13.8. The molecule has 0 saturated heterocycles. The number of sulfone groups is 1. The third-order valence-corrected chi connectivity index (χ3v) is 4.40. The first-order valence-electron chi connectivity index (χ1n) is 5.68. The van der Waals surface area contributed by atoms with E-state index in [1.54, 1.807) is 19.9 Å². The van der Waals surface area contributed by atoms with Gasteiger partial charge in [-0.1, -0.05) is 6.92 Å². The third-order valence-electron chi connectivity index (χ3n) is 2.51. The molecule has 0 spiro atoms. The highest BCUT2D eigenvalue weighted by Gasteiger charge is 2.14. The van der Waals surface area contributed by atoms with Crippen LogP contribution in [0.25, 0.3) is 0 Å². The van der Waals surface area contributed by atoms with Gasteiger partial charge in [-0.2, -0.15) is 0 Å². The second-order valence-corrected chi connectivity index (χ2v) is 6.49. The van der Waals surface area contributed by atoms with Crippen LogP contribution in [0.4, 0.5) is 10.1 Å². The summed E-state index contributed by atoms with van der Waals surface area (Å²) in [6.45, 7) is 3.38. The molecule has 6 heteroatoms. The van der Waals surface area contributed by atoms with E-state index < -0.39 is 15.7 Å². The summed E-state index contributed by atoms with van der Waals surface area (Å²) in [4.78, 5) is 0. The van der Waals surface area contributed by atoms with Gasteiger partial charge in [0.05, 0.1) is 12.9 Å². The SMILES string of the molecule is CCS(=O)(=O)CC(C)Nc1ccc(F)c(OC)c1. The molecule has 0 aliphatic carbocycles. The topological polar surface area (TPSA) is 55.4 Å². The second kappa shape index (κ2) is 6.04. The van der Waals surface area contributed by atoms with E-state index in [0.29, 0.717) is 5.69 Å². The summed E-state index contributed by atoms with van der Waals surface area (Å²) in [6.07, 6.45) is 0. The van der Waals surface area contributed by atoms with E-state index in [0.717, 1.165) is 0 Å². The third kappa shape index (κ3) is 4.18. The standard InChI is InChI=1S/C12H18FNO3S/c1-4-18(15,16)8-9(2)14-10-5-6-11(13)12(7-10)17-3/h5-7,9,14H,4,8H2,1-3H3. The lowest BCUT2D eigenvalue weighted by atomic mass is 10.2. The number of hydrogen-bond acceptors (Lipinski definition) is 4. The Morgan fingerprint density at radius 3 is 2.67 bits per heavy atom. The van der Waals surface area contributed by atoms with Crippen molar-refractivity contribution in [2.24, 2.45) is 0 Å². The molecule has 0 bridgehead atoms. The molecule has 102 valence electrons. The first-order valence-corrected chi connectivity index (χ1v) is 7.50. The van der Waals surface area contributed by atoms with Gasteiger partial charge in [0.15, 0.2) is 21.4 Å². The van der Waals surface area contributed by atoms with Crippen LogP contribution in [0.3, 0.4) is 0 Å². The Balaban J connectivity index is 2.73. The summed E-state index contributed by atoms with van der Waals surface area (Å²) >= 11 is 0. The number of halogens is 1. The molecule has 1 atom stereocenters. The molecule has 1 N–H and O–H groups in total. The predicted octanol–water partition coefficient (Wildman–Crippen LogP) is 2.07. The molecule has 0 heterocycles. The number of benzene rings is 1. The van der Waals surface area contributed by atoms with Gasteiger partial charge in [0.2, 0.25) is 0 Å². The maximum atomic E-state index is 13.2. The van der Waals surface area contributed by atoms with Crippen molar-refractivity contribution in [3.8, 4) is 5.75 Å². The van der Waals surface area contributed by atoms with Gasteiger partial charge >= 0.3 is 0 Å². The van der Waals surface area contributed by atoms with Crippen LogP contribution in [-0.4, -0.2) is 33.1 Å². The van der Waals surface area contributed by atoms with E-state index in [1.807, 2.05) is 0 Å². The fourth-order valence-electron chi connectivity index (χ4n) is 1.57. The Morgan fingerprint density at radius 1 is 1.44 bits per heavy atom. The second-order valence-electron chi connectivity index (χ2n) is 4.09. The highest BCUT2D eigenvalue weighted by molar-refractivity contribution is 7.91. The molecule has 18 heavy (non-hydrogen) atoms. The van der Waals surface area contributed by atoms with E-state index in [-0.39, 0.29) is 23.3 Å². The van der Waals surface area contributed by atoms with Crippen molar-refractivity contribution >= 4 is 15.5 Å². The summed E-state index contributed by atoms with van der Waals surface area (Å²) in [6, 6.07) is 4.09. The van der Waals surface area contributed by atoms with Crippen molar-refractivity contribution in [2.75, 3.05) is 23.9 Å². The van der Waals surface area contributed by atoms with Gasteiger partial charge in [-0.15, -0.1) is 0 Å². The van der Waals surface area contributed by atoms with Crippen LogP contribution in [0.2, 0.25) is 0 Å². The Labute approximate surface area is 107 Å². The van der Waals surface area contributed by atoms with Crippen molar-refractivity contribution in [1.82, 2.24) is 0 Å². The van der Waals surface area contributed by atoms with Crippen molar-refractivity contribution in [2.45, 2.75) is 19.9 Å². The van der Waals surface area contributed by atoms with E-state index >= 15 is 0 Å². The minimum Gasteiger partial charge on any atom is -0.494 e. The quantitative estimate of drug-likeness (QED) is 0.863. The van der Waals surface area contributed by atoms with Gasteiger partial charge in [0, 0.05) is 23.5 Å². The predicted molar refractivity (Wildman–Crippen MR) is 70.4 cm³/mol. The maximum Gasteiger partial charge on any atom is 0.165 e. The van der Waals surface area contributed by atoms with Crippen molar-refractivity contribution in [1.29, 1.82) is 0 Å². The Kier molecular flexibility index (Phi) is 4.95. The number of hydrogen-bond donors (Lipinski definition) is 1. The minimum absolute atomic E-state index is 0.0448. The molecular weight excluding hydrogens is 257 g/mol. The minimum atomic E-state index is -3.03. The van der Waals surface area contributed by atoms with Crippen LogP contribution in [0, 0.1) is 5.82 Å². The number of rotatable bonds is 6. The van der Waals surface area contributed by atoms with Crippen LogP contribution in [0.15, 0.2) is 18.2 Å². The molecule has 0 saturated carbocycles. The smallest absolute Gasteiger partial charge is 0.165 e. The zero-order valence-corrected chi connectivity index (χ0v) is 11.6. The fraction of sp³-hybridized carbons (Fsp3) is 0.500. The molecular formula is C12H18FNO3S. The molecule has 1 aromatic rings. The average molecular weight is 275 g/mol. The van der Waals surface area contributed by atoms with Crippen molar-refractivity contribution in [3.05, 3.63) is 24.0 Å². The molecule has 0 radical (unpaired) electrons. The molecule has 4 nitrogen and oxygen atoms in total. The van der Waals surface area contributed by atoms with Gasteiger partial charge < -0.3 is 10.1 Å². The first kappa shape index (κ1) is 14.8. The van der Waals surface area contributed by atoms with Gasteiger partial charge in [0.1, 0.15) is 0 Å². The molecule has 0 amide bonds.